The molecule has 3 heteroatoms. The highest BCUT2D eigenvalue weighted by molar-refractivity contribution is 5.68. The number of aromatic nitrogens is 2. The van der Waals surface area contributed by atoms with Crippen molar-refractivity contribution in [1.82, 2.24) is 9.97 Å². The first kappa shape index (κ1) is 12.6. The number of hydrogen-bond acceptors (Lipinski definition) is 3. The smallest absolute Gasteiger partial charge is 0.131 e. The van der Waals surface area contributed by atoms with Crippen molar-refractivity contribution >= 4 is 5.82 Å². The fourth-order valence-corrected chi connectivity index (χ4v) is 2.13. The summed E-state index contributed by atoms with van der Waals surface area (Å²) < 4.78 is 0. The molecule has 0 saturated heterocycles. The van der Waals surface area contributed by atoms with Gasteiger partial charge in [-0.2, -0.15) is 0 Å². The molecule has 0 fully saturated rings. The summed E-state index contributed by atoms with van der Waals surface area (Å²) >= 11 is 0. The van der Waals surface area contributed by atoms with Crippen LogP contribution >= 0.6 is 0 Å². The van der Waals surface area contributed by atoms with Gasteiger partial charge in [-0.3, -0.25) is 0 Å². The van der Waals surface area contributed by atoms with E-state index in [9.17, 15) is 0 Å². The molecule has 1 aromatic carbocycles. The molecule has 0 aliphatic carbocycles. The molecule has 0 radical (unpaired) electrons. The van der Waals surface area contributed by atoms with Gasteiger partial charge in [-0.05, 0) is 32.9 Å². The molecule has 0 unspecified atom stereocenters. The summed E-state index contributed by atoms with van der Waals surface area (Å²) in [5, 5.41) is 0. The summed E-state index contributed by atoms with van der Waals surface area (Å²) in [7, 11) is 0. The highest BCUT2D eigenvalue weighted by atomic mass is 15.0. The Morgan fingerprint density at radius 1 is 1.00 bits per heavy atom. The molecule has 1 heterocycles. The zero-order valence-electron chi connectivity index (χ0n) is 11.4. The van der Waals surface area contributed by atoms with Crippen molar-refractivity contribution in [3.05, 3.63) is 40.7 Å². The fraction of sp³-hybridized carbons (Fsp3) is 0.333. The number of nitrogens with two attached hydrogens (primary N) is 1. The van der Waals surface area contributed by atoms with E-state index < -0.39 is 0 Å². The lowest BCUT2D eigenvalue weighted by Gasteiger charge is -2.11. The van der Waals surface area contributed by atoms with E-state index in [1.54, 1.807) is 0 Å². The number of rotatable bonds is 2. The zero-order valence-corrected chi connectivity index (χ0v) is 11.4. The molecule has 0 amide bonds. The first-order chi connectivity index (χ1) is 8.51. The summed E-state index contributed by atoms with van der Waals surface area (Å²) in [6.45, 7) is 8.20. The summed E-state index contributed by atoms with van der Waals surface area (Å²) in [6, 6.07) is 6.44. The third-order valence-electron chi connectivity index (χ3n) is 3.04. The second kappa shape index (κ2) is 4.77. The molecule has 2 aromatic rings. The van der Waals surface area contributed by atoms with Gasteiger partial charge in [0.1, 0.15) is 11.6 Å². The number of nitrogens with zero attached hydrogens (tertiary/aromatic N) is 2. The van der Waals surface area contributed by atoms with Crippen molar-refractivity contribution in [1.29, 1.82) is 0 Å². The quantitative estimate of drug-likeness (QED) is 0.878. The van der Waals surface area contributed by atoms with Crippen molar-refractivity contribution < 1.29 is 0 Å². The number of aryl methyl sites for hydroxylation is 3. The number of nitrogen functional groups attached to an aromatic ring is 1. The van der Waals surface area contributed by atoms with E-state index >= 15 is 0 Å². The van der Waals surface area contributed by atoms with Gasteiger partial charge in [0.25, 0.3) is 0 Å². The lowest BCUT2D eigenvalue weighted by atomic mass is 10.0. The Morgan fingerprint density at radius 3 is 2.17 bits per heavy atom. The third-order valence-corrected chi connectivity index (χ3v) is 3.04. The second-order valence-corrected chi connectivity index (χ2v) is 4.73. The van der Waals surface area contributed by atoms with Gasteiger partial charge >= 0.3 is 0 Å². The summed E-state index contributed by atoms with van der Waals surface area (Å²) in [6.07, 6.45) is 0.794. The maximum Gasteiger partial charge on any atom is 0.131 e. The monoisotopic (exact) mass is 241 g/mol. The standard InChI is InChI=1S/C15H19N3/c1-5-13-17-14(11(4)15(16)18-13)12-7-9(2)6-10(3)8-12/h6-8H,5H2,1-4H3,(H2,16,17,18). The lowest BCUT2D eigenvalue weighted by molar-refractivity contribution is 0.940. The Kier molecular flexibility index (Phi) is 3.32. The average Bonchev–Trinajstić information content (AvgIpc) is 2.31. The Labute approximate surface area is 108 Å². The van der Waals surface area contributed by atoms with E-state index in [2.05, 4.69) is 42.0 Å². The minimum Gasteiger partial charge on any atom is -0.383 e. The molecule has 0 saturated carbocycles. The number of hydrogen-bond donors (Lipinski definition) is 1. The van der Waals surface area contributed by atoms with Crippen LogP contribution in [0.25, 0.3) is 11.3 Å². The van der Waals surface area contributed by atoms with Crippen LogP contribution in [0.5, 0.6) is 0 Å². The predicted molar refractivity (Wildman–Crippen MR) is 75.5 cm³/mol. The molecular formula is C15H19N3. The molecule has 2 N–H and O–H groups in total. The Morgan fingerprint density at radius 2 is 1.61 bits per heavy atom. The molecule has 0 bridgehead atoms. The maximum atomic E-state index is 5.96. The van der Waals surface area contributed by atoms with Crippen LogP contribution in [0.2, 0.25) is 0 Å². The van der Waals surface area contributed by atoms with Crippen LogP contribution in [-0.2, 0) is 6.42 Å². The van der Waals surface area contributed by atoms with Crippen LogP contribution in [0, 0.1) is 20.8 Å². The average molecular weight is 241 g/mol. The molecule has 18 heavy (non-hydrogen) atoms. The van der Waals surface area contributed by atoms with E-state index in [1.807, 2.05) is 13.8 Å². The molecule has 3 nitrogen and oxygen atoms in total. The van der Waals surface area contributed by atoms with Crippen LogP contribution in [-0.4, -0.2) is 9.97 Å². The zero-order chi connectivity index (χ0) is 13.3. The molecule has 2 rings (SSSR count). The van der Waals surface area contributed by atoms with Gasteiger partial charge in [-0.15, -0.1) is 0 Å². The normalized spacial score (nSPS) is 10.7. The van der Waals surface area contributed by atoms with Crippen molar-refractivity contribution in [2.24, 2.45) is 0 Å². The van der Waals surface area contributed by atoms with E-state index in [0.717, 1.165) is 29.1 Å². The molecule has 0 spiro atoms. The minimum absolute atomic E-state index is 0.580. The van der Waals surface area contributed by atoms with Crippen LogP contribution in [0.1, 0.15) is 29.4 Å². The van der Waals surface area contributed by atoms with Gasteiger partial charge < -0.3 is 5.73 Å². The number of benzene rings is 1. The first-order valence-corrected chi connectivity index (χ1v) is 6.23. The molecule has 1 aromatic heterocycles. The summed E-state index contributed by atoms with van der Waals surface area (Å²) in [5.74, 6) is 1.38. The summed E-state index contributed by atoms with van der Waals surface area (Å²) in [5.41, 5.74) is 11.5. The number of anilines is 1. The third kappa shape index (κ3) is 2.35. The topological polar surface area (TPSA) is 51.8 Å². The van der Waals surface area contributed by atoms with Gasteiger partial charge in [0.15, 0.2) is 0 Å². The maximum absolute atomic E-state index is 5.96. The van der Waals surface area contributed by atoms with Crippen molar-refractivity contribution in [3.8, 4) is 11.3 Å². The molecule has 0 aliphatic heterocycles. The SMILES string of the molecule is CCc1nc(N)c(C)c(-c2cc(C)cc(C)c2)n1. The Hall–Kier alpha value is -1.90. The molecule has 0 aliphatic rings. The molecule has 94 valence electrons. The van der Waals surface area contributed by atoms with Crippen LogP contribution < -0.4 is 5.73 Å². The fourth-order valence-electron chi connectivity index (χ4n) is 2.13. The molecular weight excluding hydrogens is 222 g/mol. The van der Waals surface area contributed by atoms with Crippen molar-refractivity contribution in [2.75, 3.05) is 5.73 Å². The second-order valence-electron chi connectivity index (χ2n) is 4.73. The van der Waals surface area contributed by atoms with Crippen molar-refractivity contribution in [3.63, 3.8) is 0 Å². The largest absolute Gasteiger partial charge is 0.383 e. The van der Waals surface area contributed by atoms with Gasteiger partial charge in [-0.1, -0.05) is 24.1 Å². The predicted octanol–water partition coefficient (Wildman–Crippen LogP) is 3.21. The van der Waals surface area contributed by atoms with Gasteiger partial charge in [-0.25, -0.2) is 9.97 Å². The van der Waals surface area contributed by atoms with Gasteiger partial charge in [0, 0.05) is 17.5 Å². The van der Waals surface area contributed by atoms with E-state index in [-0.39, 0.29) is 0 Å². The molecule has 0 atom stereocenters. The van der Waals surface area contributed by atoms with Gasteiger partial charge in [0.2, 0.25) is 0 Å². The van der Waals surface area contributed by atoms with Gasteiger partial charge in [0.05, 0.1) is 5.69 Å². The Balaban J connectivity index is 2.65. The minimum atomic E-state index is 0.580. The summed E-state index contributed by atoms with van der Waals surface area (Å²) in [4.78, 5) is 8.90. The Bertz CT molecular complexity index is 568. The highest BCUT2D eigenvalue weighted by Gasteiger charge is 2.10. The van der Waals surface area contributed by atoms with E-state index in [0.29, 0.717) is 5.82 Å². The lowest BCUT2D eigenvalue weighted by Crippen LogP contribution is -2.04. The van der Waals surface area contributed by atoms with Crippen LogP contribution in [0.3, 0.4) is 0 Å². The van der Waals surface area contributed by atoms with E-state index in [1.165, 1.54) is 11.1 Å². The van der Waals surface area contributed by atoms with E-state index in [4.69, 9.17) is 5.73 Å². The van der Waals surface area contributed by atoms with Crippen LogP contribution in [0.4, 0.5) is 5.82 Å². The van der Waals surface area contributed by atoms with Crippen molar-refractivity contribution in [2.45, 2.75) is 34.1 Å². The van der Waals surface area contributed by atoms with Crippen LogP contribution in [0.15, 0.2) is 18.2 Å². The highest BCUT2D eigenvalue weighted by Crippen LogP contribution is 2.26. The first-order valence-electron chi connectivity index (χ1n) is 6.23.